The Bertz CT molecular complexity index is 1250. The van der Waals surface area contributed by atoms with Crippen LogP contribution in [0.4, 0.5) is 0 Å². The molecule has 4 bridgehead atoms. The molecule has 4 aromatic rings. The molecule has 0 radical (unpaired) electrons. The highest BCUT2D eigenvalue weighted by molar-refractivity contribution is 7.31. The fraction of sp³-hybridized carbons (Fsp3) is 0.323. The van der Waals surface area contributed by atoms with Gasteiger partial charge in [0.25, 0.3) is 0 Å². The van der Waals surface area contributed by atoms with Crippen LogP contribution in [0.3, 0.4) is 0 Å². The third-order valence-electron chi connectivity index (χ3n) is 9.18. The van der Waals surface area contributed by atoms with Gasteiger partial charge in [-0.3, -0.25) is 4.79 Å². The first-order chi connectivity index (χ1) is 17.7. The van der Waals surface area contributed by atoms with Crippen LogP contribution in [0.5, 0.6) is 0 Å². The molecule has 4 nitrogen and oxygen atoms in total. The van der Waals surface area contributed by atoms with Crippen LogP contribution in [0.1, 0.15) is 49.0 Å². The summed E-state index contributed by atoms with van der Waals surface area (Å²) in [7, 11) is -3.10. The SMILES string of the molecule is O=C(c1cn(C23CC4CC(CC(C4)C2)C3)nn1)[Si](c1ccccc1)(c1ccccc1)c1ccccc1. The number of hydrogen-bond acceptors (Lipinski definition) is 3. The van der Waals surface area contributed by atoms with E-state index in [1.807, 2.05) is 60.8 Å². The van der Waals surface area contributed by atoms with Crippen molar-refractivity contribution in [2.75, 3.05) is 0 Å². The summed E-state index contributed by atoms with van der Waals surface area (Å²) < 4.78 is 2.12. The summed E-state index contributed by atoms with van der Waals surface area (Å²) in [5, 5.41) is 12.7. The molecule has 3 aromatic carbocycles. The molecule has 0 atom stereocenters. The van der Waals surface area contributed by atoms with Gasteiger partial charge in [-0.05, 0) is 71.8 Å². The minimum Gasteiger partial charge on any atom is -0.297 e. The third-order valence-corrected chi connectivity index (χ3v) is 13.7. The Morgan fingerprint density at radius 2 is 1.11 bits per heavy atom. The van der Waals surface area contributed by atoms with Gasteiger partial charge in [-0.25, -0.2) is 4.68 Å². The van der Waals surface area contributed by atoms with Crippen molar-refractivity contribution in [3.8, 4) is 0 Å². The minimum atomic E-state index is -3.10. The van der Waals surface area contributed by atoms with Crippen LogP contribution < -0.4 is 15.6 Å². The van der Waals surface area contributed by atoms with Crippen LogP contribution in [0.15, 0.2) is 97.2 Å². The Hall–Kier alpha value is -3.31. The van der Waals surface area contributed by atoms with Crippen molar-refractivity contribution in [1.29, 1.82) is 0 Å². The minimum absolute atomic E-state index is 0.0523. The van der Waals surface area contributed by atoms with Crippen LogP contribution >= 0.6 is 0 Å². The molecule has 0 N–H and O–H groups in total. The molecule has 1 aromatic heterocycles. The van der Waals surface area contributed by atoms with E-state index >= 15 is 0 Å². The van der Waals surface area contributed by atoms with Crippen molar-refractivity contribution in [3.05, 3.63) is 103 Å². The van der Waals surface area contributed by atoms with Crippen molar-refractivity contribution in [1.82, 2.24) is 15.0 Å². The molecule has 0 saturated heterocycles. The number of rotatable bonds is 6. The van der Waals surface area contributed by atoms with E-state index in [1.165, 1.54) is 38.5 Å². The Kier molecular flexibility index (Phi) is 5.10. The normalized spacial score (nSPS) is 26.7. The smallest absolute Gasteiger partial charge is 0.232 e. The molecule has 1 heterocycles. The molecule has 5 heteroatoms. The molecule has 0 aliphatic heterocycles. The number of carbonyl (C=O) groups is 1. The van der Waals surface area contributed by atoms with Gasteiger partial charge in [-0.15, -0.1) is 5.10 Å². The molecule has 0 unspecified atom stereocenters. The number of aromatic nitrogens is 3. The molecule has 4 aliphatic carbocycles. The lowest BCUT2D eigenvalue weighted by molar-refractivity contribution is -0.0502. The van der Waals surface area contributed by atoms with Gasteiger partial charge >= 0.3 is 0 Å². The standard InChI is InChI=1S/C31H31N3OSi/c35-30(29-22-34(33-32-29)31-19-23-16-24(20-31)18-25(17-23)21-31)36(26-10-4-1-5-11-26,27-12-6-2-7-13-27)28-14-8-3-9-15-28/h1-15,22-25H,16-21H2. The maximum atomic E-state index is 14.9. The van der Waals surface area contributed by atoms with Gasteiger partial charge in [0.15, 0.2) is 5.41 Å². The zero-order valence-corrected chi connectivity index (χ0v) is 21.5. The second kappa shape index (κ2) is 8.38. The van der Waals surface area contributed by atoms with E-state index in [1.54, 1.807) is 0 Å². The second-order valence-corrected chi connectivity index (χ2v) is 15.1. The molecule has 4 saturated carbocycles. The number of carbonyl (C=O) groups excluding carboxylic acids is 1. The van der Waals surface area contributed by atoms with Crippen LogP contribution in [0.25, 0.3) is 0 Å². The Morgan fingerprint density at radius 3 is 1.53 bits per heavy atom. The monoisotopic (exact) mass is 489 g/mol. The largest absolute Gasteiger partial charge is 0.297 e. The van der Waals surface area contributed by atoms with Crippen molar-refractivity contribution in [3.63, 3.8) is 0 Å². The van der Waals surface area contributed by atoms with Gasteiger partial charge in [-0.2, -0.15) is 0 Å². The Labute approximate surface area is 213 Å². The fourth-order valence-electron chi connectivity index (χ4n) is 8.10. The summed E-state index contributed by atoms with van der Waals surface area (Å²) in [6.45, 7) is 0. The van der Waals surface area contributed by atoms with Gasteiger partial charge in [0.2, 0.25) is 8.07 Å². The van der Waals surface area contributed by atoms with Crippen LogP contribution in [-0.4, -0.2) is 28.5 Å². The zero-order valence-electron chi connectivity index (χ0n) is 20.5. The summed E-state index contributed by atoms with van der Waals surface area (Å²) in [5.74, 6) is 2.43. The number of hydrogen-bond donors (Lipinski definition) is 0. The molecule has 8 rings (SSSR count). The summed E-state index contributed by atoms with van der Waals surface area (Å²) in [4.78, 5) is 14.9. The van der Waals surface area contributed by atoms with Gasteiger partial charge in [0.1, 0.15) is 5.69 Å². The highest BCUT2D eigenvalue weighted by Crippen LogP contribution is 2.58. The average Bonchev–Trinajstić information content (AvgIpc) is 3.42. The Balaban J connectivity index is 1.38. The molecule has 4 aliphatic rings. The van der Waals surface area contributed by atoms with E-state index in [2.05, 4.69) is 51.4 Å². The highest BCUT2D eigenvalue weighted by Gasteiger charge is 2.53. The molecular weight excluding hydrogens is 458 g/mol. The molecular formula is C31H31N3OSi. The Morgan fingerprint density at radius 1 is 0.694 bits per heavy atom. The second-order valence-electron chi connectivity index (χ2n) is 11.4. The first-order valence-corrected chi connectivity index (χ1v) is 15.3. The van der Waals surface area contributed by atoms with Crippen LogP contribution in [0, 0.1) is 17.8 Å². The average molecular weight is 490 g/mol. The molecule has 0 amide bonds. The number of nitrogens with zero attached hydrogens (tertiary/aromatic N) is 3. The molecule has 180 valence electrons. The first-order valence-electron chi connectivity index (χ1n) is 13.3. The summed E-state index contributed by atoms with van der Waals surface area (Å²) in [5.41, 5.74) is 0.561. The molecule has 0 spiro atoms. The van der Waals surface area contributed by atoms with Gasteiger partial charge in [0, 0.05) is 0 Å². The van der Waals surface area contributed by atoms with Crippen LogP contribution in [0.2, 0.25) is 0 Å². The fourth-order valence-corrected chi connectivity index (χ4v) is 12.5. The van der Waals surface area contributed by atoms with E-state index in [9.17, 15) is 4.79 Å². The zero-order chi connectivity index (χ0) is 24.2. The summed E-state index contributed by atoms with van der Waals surface area (Å²) in [6, 6.07) is 31.0. The lowest BCUT2D eigenvalue weighted by Gasteiger charge is -2.56. The first kappa shape index (κ1) is 21.9. The van der Waals surface area contributed by atoms with E-state index in [4.69, 9.17) is 0 Å². The predicted molar refractivity (Wildman–Crippen MR) is 144 cm³/mol. The lowest BCUT2D eigenvalue weighted by Crippen LogP contribution is -2.72. The van der Waals surface area contributed by atoms with E-state index < -0.39 is 8.07 Å². The van der Waals surface area contributed by atoms with Crippen LogP contribution in [-0.2, 0) is 5.54 Å². The maximum absolute atomic E-state index is 14.9. The van der Waals surface area contributed by atoms with E-state index in [-0.39, 0.29) is 10.9 Å². The van der Waals surface area contributed by atoms with E-state index in [0.717, 1.165) is 33.3 Å². The summed E-state index contributed by atoms with van der Waals surface area (Å²) >= 11 is 0. The van der Waals surface area contributed by atoms with Gasteiger partial charge in [-0.1, -0.05) is 96.2 Å². The third kappa shape index (κ3) is 3.29. The highest BCUT2D eigenvalue weighted by atomic mass is 28.3. The summed E-state index contributed by atoms with van der Waals surface area (Å²) in [6.07, 6.45) is 9.72. The van der Waals surface area contributed by atoms with Crippen molar-refractivity contribution >= 4 is 29.0 Å². The number of benzene rings is 3. The van der Waals surface area contributed by atoms with Gasteiger partial charge in [0.05, 0.1) is 11.7 Å². The maximum Gasteiger partial charge on any atom is 0.232 e. The molecule has 4 fully saturated rings. The van der Waals surface area contributed by atoms with Gasteiger partial charge < -0.3 is 0 Å². The predicted octanol–water partition coefficient (Wildman–Crippen LogP) is 4.10. The van der Waals surface area contributed by atoms with Crippen molar-refractivity contribution in [2.45, 2.75) is 44.1 Å². The lowest BCUT2D eigenvalue weighted by atomic mass is 9.53. The van der Waals surface area contributed by atoms with Crippen molar-refractivity contribution in [2.24, 2.45) is 17.8 Å². The van der Waals surface area contributed by atoms with E-state index in [0.29, 0.717) is 5.69 Å². The molecule has 36 heavy (non-hydrogen) atoms. The quantitative estimate of drug-likeness (QED) is 0.303. The van der Waals surface area contributed by atoms with Crippen molar-refractivity contribution < 1.29 is 4.79 Å². The topological polar surface area (TPSA) is 47.8 Å².